The minimum atomic E-state index is 0.911. The third-order valence-corrected chi connectivity index (χ3v) is 1.24. The Morgan fingerprint density at radius 1 is 1.78 bits per heavy atom. The summed E-state index contributed by atoms with van der Waals surface area (Å²) in [5, 5.41) is 0. The number of aryl methyl sites for hydroxylation is 1. The van der Waals surface area contributed by atoms with E-state index in [4.69, 9.17) is 0 Å². The van der Waals surface area contributed by atoms with E-state index in [1.165, 1.54) is 5.56 Å². The maximum absolute atomic E-state index is 3.64. The summed E-state index contributed by atoms with van der Waals surface area (Å²) in [5.74, 6) is 0. The fraction of sp³-hybridized carbons (Fsp3) is 0.250. The van der Waals surface area contributed by atoms with E-state index in [0.717, 1.165) is 6.54 Å². The standard InChI is InChI=1S/C8H11N/c1-3-5-9-6-4-8(2)7-9/h3-4,6-7H,1,5H2,2H3. The molecule has 0 N–H and O–H groups in total. The van der Waals surface area contributed by atoms with Crippen LogP contribution in [0.1, 0.15) is 5.56 Å². The summed E-state index contributed by atoms with van der Waals surface area (Å²) in [4.78, 5) is 0. The molecule has 1 rings (SSSR count). The molecule has 0 saturated heterocycles. The number of aromatic nitrogens is 1. The molecule has 0 aliphatic carbocycles. The SMILES string of the molecule is C=CCn1ccc(C)c1. The molecule has 0 spiro atoms. The van der Waals surface area contributed by atoms with Gasteiger partial charge in [0.2, 0.25) is 0 Å². The number of hydrogen-bond acceptors (Lipinski definition) is 0. The van der Waals surface area contributed by atoms with E-state index >= 15 is 0 Å². The van der Waals surface area contributed by atoms with Crippen LogP contribution in [-0.2, 0) is 6.54 Å². The fourth-order valence-electron chi connectivity index (χ4n) is 0.824. The summed E-state index contributed by atoms with van der Waals surface area (Å²) < 4.78 is 2.10. The Morgan fingerprint density at radius 2 is 2.56 bits per heavy atom. The molecule has 48 valence electrons. The van der Waals surface area contributed by atoms with Crippen LogP contribution in [0.25, 0.3) is 0 Å². The lowest BCUT2D eigenvalue weighted by atomic mass is 10.4. The largest absolute Gasteiger partial charge is 0.350 e. The van der Waals surface area contributed by atoms with Crippen LogP contribution in [0.5, 0.6) is 0 Å². The molecule has 1 heterocycles. The van der Waals surface area contributed by atoms with Crippen LogP contribution >= 0.6 is 0 Å². The number of nitrogens with zero attached hydrogens (tertiary/aromatic N) is 1. The molecule has 0 fully saturated rings. The smallest absolute Gasteiger partial charge is 0.0397 e. The second kappa shape index (κ2) is 2.53. The molecular weight excluding hydrogens is 110 g/mol. The molecule has 1 aromatic heterocycles. The van der Waals surface area contributed by atoms with Crippen molar-refractivity contribution in [2.75, 3.05) is 0 Å². The molecule has 1 nitrogen and oxygen atoms in total. The van der Waals surface area contributed by atoms with Gasteiger partial charge >= 0.3 is 0 Å². The zero-order valence-corrected chi connectivity index (χ0v) is 5.67. The first-order valence-electron chi connectivity index (χ1n) is 3.06. The monoisotopic (exact) mass is 121 g/mol. The van der Waals surface area contributed by atoms with Gasteiger partial charge in [-0.2, -0.15) is 0 Å². The normalized spacial score (nSPS) is 9.44. The first-order chi connectivity index (χ1) is 4.33. The zero-order chi connectivity index (χ0) is 6.69. The second-order valence-electron chi connectivity index (χ2n) is 2.17. The Balaban J connectivity index is 2.72. The van der Waals surface area contributed by atoms with Gasteiger partial charge in [-0.3, -0.25) is 0 Å². The van der Waals surface area contributed by atoms with Gasteiger partial charge in [0.1, 0.15) is 0 Å². The summed E-state index contributed by atoms with van der Waals surface area (Å²) in [5.41, 5.74) is 1.30. The molecule has 1 aromatic rings. The molecule has 0 atom stereocenters. The second-order valence-corrected chi connectivity index (χ2v) is 2.17. The summed E-state index contributed by atoms with van der Waals surface area (Å²) in [7, 11) is 0. The van der Waals surface area contributed by atoms with Crippen molar-refractivity contribution in [2.24, 2.45) is 0 Å². The average molecular weight is 121 g/mol. The van der Waals surface area contributed by atoms with Crippen LogP contribution in [0.2, 0.25) is 0 Å². The van der Waals surface area contributed by atoms with Gasteiger partial charge in [0.05, 0.1) is 0 Å². The summed E-state index contributed by atoms with van der Waals surface area (Å²) in [6, 6.07) is 2.09. The first kappa shape index (κ1) is 6.14. The molecule has 0 bridgehead atoms. The molecule has 0 radical (unpaired) electrons. The van der Waals surface area contributed by atoms with Gasteiger partial charge in [0.25, 0.3) is 0 Å². The highest BCUT2D eigenvalue weighted by atomic mass is 14.9. The Hall–Kier alpha value is -0.980. The van der Waals surface area contributed by atoms with Gasteiger partial charge < -0.3 is 4.57 Å². The van der Waals surface area contributed by atoms with E-state index in [1.807, 2.05) is 6.08 Å². The van der Waals surface area contributed by atoms with Crippen molar-refractivity contribution in [1.29, 1.82) is 0 Å². The van der Waals surface area contributed by atoms with Crippen molar-refractivity contribution in [1.82, 2.24) is 4.57 Å². The van der Waals surface area contributed by atoms with Crippen molar-refractivity contribution in [2.45, 2.75) is 13.5 Å². The van der Waals surface area contributed by atoms with Crippen LogP contribution in [-0.4, -0.2) is 4.57 Å². The fourth-order valence-corrected chi connectivity index (χ4v) is 0.824. The molecular formula is C8H11N. The van der Waals surface area contributed by atoms with Gasteiger partial charge in [0.15, 0.2) is 0 Å². The van der Waals surface area contributed by atoms with E-state index in [2.05, 4.69) is 36.5 Å². The van der Waals surface area contributed by atoms with Crippen molar-refractivity contribution in [3.8, 4) is 0 Å². The van der Waals surface area contributed by atoms with E-state index < -0.39 is 0 Å². The van der Waals surface area contributed by atoms with Crippen molar-refractivity contribution in [3.05, 3.63) is 36.7 Å². The van der Waals surface area contributed by atoms with Crippen LogP contribution in [0.4, 0.5) is 0 Å². The van der Waals surface area contributed by atoms with E-state index in [9.17, 15) is 0 Å². The molecule has 0 aliphatic heterocycles. The first-order valence-corrected chi connectivity index (χ1v) is 3.06. The van der Waals surface area contributed by atoms with Crippen LogP contribution in [0, 0.1) is 6.92 Å². The number of hydrogen-bond donors (Lipinski definition) is 0. The summed E-state index contributed by atoms with van der Waals surface area (Å²) in [6.45, 7) is 6.64. The summed E-state index contributed by atoms with van der Waals surface area (Å²) >= 11 is 0. The number of rotatable bonds is 2. The van der Waals surface area contributed by atoms with E-state index in [1.54, 1.807) is 0 Å². The molecule has 0 unspecified atom stereocenters. The van der Waals surface area contributed by atoms with Crippen molar-refractivity contribution >= 4 is 0 Å². The minimum Gasteiger partial charge on any atom is -0.350 e. The predicted molar refractivity (Wildman–Crippen MR) is 39.4 cm³/mol. The third-order valence-electron chi connectivity index (χ3n) is 1.24. The molecule has 0 aromatic carbocycles. The Kier molecular flexibility index (Phi) is 1.73. The quantitative estimate of drug-likeness (QED) is 0.527. The summed E-state index contributed by atoms with van der Waals surface area (Å²) in [6.07, 6.45) is 6.04. The average Bonchev–Trinajstić information content (AvgIpc) is 2.17. The van der Waals surface area contributed by atoms with Gasteiger partial charge in [-0.1, -0.05) is 6.08 Å². The van der Waals surface area contributed by atoms with E-state index in [-0.39, 0.29) is 0 Å². The third kappa shape index (κ3) is 1.46. The van der Waals surface area contributed by atoms with Gasteiger partial charge in [0, 0.05) is 18.9 Å². The molecule has 0 amide bonds. The maximum Gasteiger partial charge on any atom is 0.0397 e. The van der Waals surface area contributed by atoms with Crippen LogP contribution in [0.15, 0.2) is 31.1 Å². The Morgan fingerprint density at radius 3 is 3.00 bits per heavy atom. The molecule has 9 heavy (non-hydrogen) atoms. The Labute approximate surface area is 55.6 Å². The highest BCUT2D eigenvalue weighted by Crippen LogP contribution is 1.97. The molecule has 0 saturated carbocycles. The lowest BCUT2D eigenvalue weighted by Crippen LogP contribution is -1.87. The van der Waals surface area contributed by atoms with Gasteiger partial charge in [-0.05, 0) is 18.6 Å². The lowest BCUT2D eigenvalue weighted by Gasteiger charge is -1.92. The highest BCUT2D eigenvalue weighted by Gasteiger charge is 1.85. The Bertz CT molecular complexity index is 198. The van der Waals surface area contributed by atoms with Crippen LogP contribution in [0.3, 0.4) is 0 Å². The minimum absolute atomic E-state index is 0.911. The van der Waals surface area contributed by atoms with Crippen molar-refractivity contribution in [3.63, 3.8) is 0 Å². The zero-order valence-electron chi connectivity index (χ0n) is 5.67. The van der Waals surface area contributed by atoms with Crippen molar-refractivity contribution < 1.29 is 0 Å². The molecule has 0 aliphatic rings. The maximum atomic E-state index is 3.64. The predicted octanol–water partition coefficient (Wildman–Crippen LogP) is 1.98. The van der Waals surface area contributed by atoms with Gasteiger partial charge in [-0.15, -0.1) is 6.58 Å². The topological polar surface area (TPSA) is 4.93 Å². The lowest BCUT2D eigenvalue weighted by molar-refractivity contribution is 0.830. The number of allylic oxidation sites excluding steroid dienone is 1. The van der Waals surface area contributed by atoms with Crippen LogP contribution < -0.4 is 0 Å². The highest BCUT2D eigenvalue weighted by molar-refractivity contribution is 5.07. The van der Waals surface area contributed by atoms with E-state index in [0.29, 0.717) is 0 Å². The molecule has 1 heteroatoms. The van der Waals surface area contributed by atoms with Gasteiger partial charge in [-0.25, -0.2) is 0 Å².